The summed E-state index contributed by atoms with van der Waals surface area (Å²) in [5, 5.41) is 3.37. The molecule has 0 atom stereocenters. The van der Waals surface area contributed by atoms with Gasteiger partial charge in [-0.2, -0.15) is 0 Å². The average molecular weight is 396 g/mol. The van der Waals surface area contributed by atoms with E-state index in [2.05, 4.69) is 44.4 Å². The van der Waals surface area contributed by atoms with Gasteiger partial charge in [-0.3, -0.25) is 9.89 Å². The fourth-order valence-corrected chi connectivity index (χ4v) is 4.24. The molecule has 0 saturated carbocycles. The molecule has 0 spiro atoms. The van der Waals surface area contributed by atoms with Crippen LogP contribution in [0.2, 0.25) is 0 Å². The van der Waals surface area contributed by atoms with Gasteiger partial charge in [-0.1, -0.05) is 37.3 Å². The molecule has 7 nitrogen and oxygen atoms in total. The van der Waals surface area contributed by atoms with Crippen LogP contribution in [0.15, 0.2) is 35.3 Å². The van der Waals surface area contributed by atoms with Crippen LogP contribution in [-0.4, -0.2) is 87.6 Å². The largest absolute Gasteiger partial charge is 0.356 e. The molecule has 1 aromatic carbocycles. The number of benzene rings is 1. The molecule has 1 N–H and O–H groups in total. The first-order chi connectivity index (χ1) is 12.9. The van der Waals surface area contributed by atoms with E-state index in [1.54, 1.807) is 7.05 Å². The summed E-state index contributed by atoms with van der Waals surface area (Å²) in [5.74, 6) is 0.900. The van der Waals surface area contributed by atoms with E-state index in [1.807, 2.05) is 13.0 Å². The molecule has 27 heavy (non-hydrogen) atoms. The van der Waals surface area contributed by atoms with E-state index in [1.165, 1.54) is 16.1 Å². The van der Waals surface area contributed by atoms with Crippen LogP contribution < -0.4 is 5.32 Å². The van der Waals surface area contributed by atoms with Crippen molar-refractivity contribution in [1.82, 2.24) is 19.4 Å². The Bertz CT molecular complexity index is 685. The van der Waals surface area contributed by atoms with E-state index in [9.17, 15) is 8.42 Å². The summed E-state index contributed by atoms with van der Waals surface area (Å²) in [7, 11) is -1.32. The molecule has 0 aromatic heterocycles. The van der Waals surface area contributed by atoms with Gasteiger partial charge >= 0.3 is 0 Å². The smallest absolute Gasteiger partial charge is 0.211 e. The molecule has 0 unspecified atom stereocenters. The molecular formula is C19H33N5O2S. The third-order valence-corrected chi connectivity index (χ3v) is 6.20. The Hall–Kier alpha value is -1.64. The predicted octanol–water partition coefficient (Wildman–Crippen LogP) is 1.05. The number of nitrogens with zero attached hydrogens (tertiary/aromatic N) is 4. The number of sulfonamides is 1. The van der Waals surface area contributed by atoms with E-state index in [0.29, 0.717) is 19.6 Å². The molecule has 1 fully saturated rings. The molecule has 2 rings (SSSR count). The molecule has 1 heterocycles. The fourth-order valence-electron chi connectivity index (χ4n) is 3.31. The standard InChI is InChI=1S/C19H33N5O2S/c1-4-24(27(3,25)26)12-8-11-21-19(20-2)23-15-13-22(14-16-23)17-18-9-6-5-7-10-18/h5-7,9-10H,4,8,11-17H2,1-3H3,(H,20,21). The van der Waals surface area contributed by atoms with Gasteiger partial charge in [-0.05, 0) is 12.0 Å². The number of aliphatic imine (C=N–C) groups is 1. The molecule has 8 heteroatoms. The Labute approximate surface area is 164 Å². The fraction of sp³-hybridized carbons (Fsp3) is 0.632. The number of nitrogens with one attached hydrogen (secondary N) is 1. The highest BCUT2D eigenvalue weighted by molar-refractivity contribution is 7.88. The van der Waals surface area contributed by atoms with E-state index in [0.717, 1.165) is 45.1 Å². The Morgan fingerprint density at radius 1 is 1.19 bits per heavy atom. The Kier molecular flexibility index (Phi) is 8.53. The van der Waals surface area contributed by atoms with Crippen LogP contribution in [0.1, 0.15) is 18.9 Å². The number of hydrogen-bond acceptors (Lipinski definition) is 4. The van der Waals surface area contributed by atoms with Crippen LogP contribution in [0.4, 0.5) is 0 Å². The number of hydrogen-bond donors (Lipinski definition) is 1. The van der Waals surface area contributed by atoms with Gasteiger partial charge in [0.25, 0.3) is 0 Å². The second-order valence-corrected chi connectivity index (χ2v) is 8.81. The summed E-state index contributed by atoms with van der Waals surface area (Å²) in [6.45, 7) is 8.50. The van der Waals surface area contributed by atoms with Gasteiger partial charge in [0.1, 0.15) is 0 Å². The highest BCUT2D eigenvalue weighted by Gasteiger charge is 2.19. The summed E-state index contributed by atoms with van der Waals surface area (Å²) >= 11 is 0. The molecule has 0 aliphatic carbocycles. The Morgan fingerprint density at radius 3 is 2.41 bits per heavy atom. The van der Waals surface area contributed by atoms with Gasteiger partial charge in [0, 0.05) is 59.4 Å². The summed E-state index contributed by atoms with van der Waals surface area (Å²) < 4.78 is 24.7. The van der Waals surface area contributed by atoms with Gasteiger partial charge in [0.05, 0.1) is 6.26 Å². The minimum absolute atomic E-state index is 0.511. The third kappa shape index (κ3) is 7.12. The summed E-state index contributed by atoms with van der Waals surface area (Å²) in [5.41, 5.74) is 1.35. The van der Waals surface area contributed by atoms with Crippen LogP contribution in [0.3, 0.4) is 0 Å². The minimum Gasteiger partial charge on any atom is -0.356 e. The predicted molar refractivity (Wildman–Crippen MR) is 111 cm³/mol. The first kappa shape index (κ1) is 21.7. The van der Waals surface area contributed by atoms with Crippen LogP contribution in [0.25, 0.3) is 0 Å². The van der Waals surface area contributed by atoms with Crippen molar-refractivity contribution in [3.8, 4) is 0 Å². The van der Waals surface area contributed by atoms with Gasteiger partial charge in [-0.25, -0.2) is 12.7 Å². The molecule has 0 bridgehead atoms. The summed E-state index contributed by atoms with van der Waals surface area (Å²) in [4.78, 5) is 9.12. The lowest BCUT2D eigenvalue weighted by Gasteiger charge is -2.36. The topological polar surface area (TPSA) is 68.2 Å². The van der Waals surface area contributed by atoms with Crippen LogP contribution in [0.5, 0.6) is 0 Å². The quantitative estimate of drug-likeness (QED) is 0.405. The van der Waals surface area contributed by atoms with Crippen molar-refractivity contribution in [1.29, 1.82) is 0 Å². The lowest BCUT2D eigenvalue weighted by molar-refractivity contribution is 0.172. The monoisotopic (exact) mass is 395 g/mol. The van der Waals surface area contributed by atoms with Crippen molar-refractivity contribution < 1.29 is 8.42 Å². The van der Waals surface area contributed by atoms with Gasteiger partial charge in [-0.15, -0.1) is 0 Å². The third-order valence-electron chi connectivity index (χ3n) is 4.82. The number of piperazine rings is 1. The van der Waals surface area contributed by atoms with Gasteiger partial charge in [0.15, 0.2) is 5.96 Å². The van der Waals surface area contributed by atoms with E-state index in [4.69, 9.17) is 0 Å². The van der Waals surface area contributed by atoms with Gasteiger partial charge < -0.3 is 10.2 Å². The second kappa shape index (κ2) is 10.6. The number of rotatable bonds is 8. The van der Waals surface area contributed by atoms with Crippen LogP contribution >= 0.6 is 0 Å². The minimum atomic E-state index is -3.11. The van der Waals surface area contributed by atoms with E-state index >= 15 is 0 Å². The maximum absolute atomic E-state index is 11.6. The molecule has 1 aliphatic heterocycles. The zero-order valence-corrected chi connectivity index (χ0v) is 17.6. The second-order valence-electron chi connectivity index (χ2n) is 6.83. The van der Waals surface area contributed by atoms with Crippen LogP contribution in [-0.2, 0) is 16.6 Å². The molecule has 152 valence electrons. The summed E-state index contributed by atoms with van der Waals surface area (Å²) in [6.07, 6.45) is 2.02. The zero-order valence-electron chi connectivity index (χ0n) is 16.8. The van der Waals surface area contributed by atoms with Crippen molar-refractivity contribution in [3.63, 3.8) is 0 Å². The normalized spacial score (nSPS) is 16.7. The maximum Gasteiger partial charge on any atom is 0.211 e. The molecule has 0 radical (unpaired) electrons. The lowest BCUT2D eigenvalue weighted by Crippen LogP contribution is -2.52. The molecule has 1 aliphatic rings. The van der Waals surface area contributed by atoms with E-state index in [-0.39, 0.29) is 0 Å². The summed E-state index contributed by atoms with van der Waals surface area (Å²) in [6, 6.07) is 10.6. The first-order valence-electron chi connectivity index (χ1n) is 9.61. The number of guanidine groups is 1. The maximum atomic E-state index is 11.6. The van der Waals surface area contributed by atoms with Crippen molar-refractivity contribution in [2.75, 3.05) is 59.1 Å². The van der Waals surface area contributed by atoms with Crippen LogP contribution in [0, 0.1) is 0 Å². The highest BCUT2D eigenvalue weighted by atomic mass is 32.2. The zero-order chi connectivity index (χ0) is 19.7. The molecular weight excluding hydrogens is 362 g/mol. The Balaban J connectivity index is 1.72. The molecule has 0 amide bonds. The first-order valence-corrected chi connectivity index (χ1v) is 11.5. The van der Waals surface area contributed by atoms with Crippen molar-refractivity contribution in [3.05, 3.63) is 35.9 Å². The lowest BCUT2D eigenvalue weighted by atomic mass is 10.2. The van der Waals surface area contributed by atoms with Gasteiger partial charge in [0.2, 0.25) is 10.0 Å². The molecule has 1 saturated heterocycles. The highest BCUT2D eigenvalue weighted by Crippen LogP contribution is 2.08. The molecule has 1 aromatic rings. The Morgan fingerprint density at radius 2 is 1.85 bits per heavy atom. The van der Waals surface area contributed by atoms with Crippen molar-refractivity contribution in [2.45, 2.75) is 19.9 Å². The van der Waals surface area contributed by atoms with E-state index < -0.39 is 10.0 Å². The van der Waals surface area contributed by atoms with Crippen molar-refractivity contribution in [2.24, 2.45) is 4.99 Å². The SMILES string of the molecule is CCN(CCCNC(=NC)N1CCN(Cc2ccccc2)CC1)S(C)(=O)=O. The average Bonchev–Trinajstić information content (AvgIpc) is 2.65. The van der Waals surface area contributed by atoms with Crippen molar-refractivity contribution >= 4 is 16.0 Å².